The van der Waals surface area contributed by atoms with Gasteiger partial charge in [0.15, 0.2) is 5.82 Å². The molecule has 1 aliphatic rings. The van der Waals surface area contributed by atoms with E-state index in [0.29, 0.717) is 5.82 Å². The second-order valence-electron chi connectivity index (χ2n) is 4.79. The summed E-state index contributed by atoms with van der Waals surface area (Å²) in [5, 5.41) is 11.0. The molecule has 0 saturated carbocycles. The van der Waals surface area contributed by atoms with Crippen LogP contribution in [0.25, 0.3) is 11.3 Å². The van der Waals surface area contributed by atoms with E-state index in [4.69, 9.17) is 0 Å². The minimum atomic E-state index is -0.0933. The maximum Gasteiger partial charge on any atom is 0.323 e. The molecule has 20 heavy (non-hydrogen) atoms. The summed E-state index contributed by atoms with van der Waals surface area (Å²) in [6.07, 6.45) is 2.15. The maximum atomic E-state index is 11.9. The molecule has 0 atom stereocenters. The summed E-state index contributed by atoms with van der Waals surface area (Å²) >= 11 is 0. The predicted octanol–water partition coefficient (Wildman–Crippen LogP) is 2.77. The molecular formula is C15H16N4O. The van der Waals surface area contributed by atoms with Crippen molar-refractivity contribution in [1.82, 2.24) is 15.1 Å². The second kappa shape index (κ2) is 5.69. The van der Waals surface area contributed by atoms with Crippen LogP contribution in [0, 0.1) is 0 Å². The Morgan fingerprint density at radius 3 is 2.40 bits per heavy atom. The Balaban J connectivity index is 1.68. The number of anilines is 1. The number of hydrogen-bond donors (Lipinski definition) is 1. The molecule has 3 rings (SSSR count). The highest BCUT2D eigenvalue weighted by molar-refractivity contribution is 5.88. The first-order chi connectivity index (χ1) is 9.83. The van der Waals surface area contributed by atoms with Gasteiger partial charge >= 0.3 is 6.03 Å². The van der Waals surface area contributed by atoms with Gasteiger partial charge in [-0.3, -0.25) is 5.32 Å². The molecule has 1 N–H and O–H groups in total. The van der Waals surface area contributed by atoms with E-state index in [0.717, 1.165) is 37.2 Å². The number of carbonyl (C=O) groups is 1. The third-order valence-electron chi connectivity index (χ3n) is 3.36. The number of nitrogens with zero attached hydrogens (tertiary/aromatic N) is 3. The molecule has 0 bridgehead atoms. The number of amides is 2. The van der Waals surface area contributed by atoms with Crippen molar-refractivity contribution >= 4 is 11.8 Å². The van der Waals surface area contributed by atoms with Gasteiger partial charge < -0.3 is 4.90 Å². The van der Waals surface area contributed by atoms with E-state index in [2.05, 4.69) is 15.5 Å². The lowest BCUT2D eigenvalue weighted by Gasteiger charge is -2.15. The Bertz CT molecular complexity index is 577. The number of rotatable bonds is 2. The van der Waals surface area contributed by atoms with Crippen molar-refractivity contribution in [2.45, 2.75) is 12.8 Å². The molecule has 2 heterocycles. The third-order valence-corrected chi connectivity index (χ3v) is 3.36. The van der Waals surface area contributed by atoms with Crippen molar-refractivity contribution in [3.63, 3.8) is 0 Å². The monoisotopic (exact) mass is 268 g/mol. The molecule has 0 unspecified atom stereocenters. The average Bonchev–Trinajstić information content (AvgIpc) is 3.03. The van der Waals surface area contributed by atoms with Crippen molar-refractivity contribution in [3.05, 3.63) is 42.5 Å². The molecule has 5 heteroatoms. The lowest BCUT2D eigenvalue weighted by Crippen LogP contribution is -2.32. The summed E-state index contributed by atoms with van der Waals surface area (Å²) in [6, 6.07) is 13.4. The maximum absolute atomic E-state index is 11.9. The standard InChI is InChI=1S/C15H16N4O/c20-15(19-10-4-5-11-19)16-14-9-8-13(17-18-14)12-6-2-1-3-7-12/h1-3,6-9H,4-5,10-11H2,(H,16,18,20). The lowest BCUT2D eigenvalue weighted by molar-refractivity contribution is 0.222. The van der Waals surface area contributed by atoms with Crippen molar-refractivity contribution in [3.8, 4) is 11.3 Å². The van der Waals surface area contributed by atoms with Gasteiger partial charge in [-0.15, -0.1) is 10.2 Å². The van der Waals surface area contributed by atoms with E-state index in [1.807, 2.05) is 36.4 Å². The molecule has 102 valence electrons. The molecule has 0 radical (unpaired) electrons. The van der Waals surface area contributed by atoms with Crippen LogP contribution in [-0.4, -0.2) is 34.2 Å². The molecule has 1 aliphatic heterocycles. The number of nitrogens with one attached hydrogen (secondary N) is 1. The van der Waals surface area contributed by atoms with Crippen LogP contribution in [0.15, 0.2) is 42.5 Å². The van der Waals surface area contributed by atoms with E-state index >= 15 is 0 Å². The Hall–Kier alpha value is -2.43. The van der Waals surface area contributed by atoms with Gasteiger partial charge in [0.1, 0.15) is 0 Å². The van der Waals surface area contributed by atoms with Gasteiger partial charge in [0, 0.05) is 18.7 Å². The zero-order chi connectivity index (χ0) is 13.8. The molecule has 1 fully saturated rings. The van der Waals surface area contributed by atoms with Crippen LogP contribution in [0.1, 0.15) is 12.8 Å². The number of carbonyl (C=O) groups excluding carboxylic acids is 1. The molecule has 5 nitrogen and oxygen atoms in total. The first-order valence-electron chi connectivity index (χ1n) is 6.78. The van der Waals surface area contributed by atoms with E-state index in [1.54, 1.807) is 11.0 Å². The van der Waals surface area contributed by atoms with Crippen LogP contribution < -0.4 is 5.32 Å². The molecule has 0 spiro atoms. The highest BCUT2D eigenvalue weighted by atomic mass is 16.2. The van der Waals surface area contributed by atoms with Gasteiger partial charge in [-0.05, 0) is 25.0 Å². The number of aromatic nitrogens is 2. The quantitative estimate of drug-likeness (QED) is 0.911. The van der Waals surface area contributed by atoms with Crippen molar-refractivity contribution < 1.29 is 4.79 Å². The van der Waals surface area contributed by atoms with E-state index in [-0.39, 0.29) is 6.03 Å². The number of hydrogen-bond acceptors (Lipinski definition) is 3. The molecule has 1 saturated heterocycles. The first kappa shape index (κ1) is 12.6. The number of likely N-dealkylation sites (tertiary alicyclic amines) is 1. The SMILES string of the molecule is O=C(Nc1ccc(-c2ccccc2)nn1)N1CCCC1. The Morgan fingerprint density at radius 1 is 1.00 bits per heavy atom. The van der Waals surface area contributed by atoms with Gasteiger partial charge in [-0.1, -0.05) is 30.3 Å². The third kappa shape index (κ3) is 2.77. The summed E-state index contributed by atoms with van der Waals surface area (Å²) in [5.41, 5.74) is 1.81. The Labute approximate surface area is 117 Å². The fourth-order valence-electron chi connectivity index (χ4n) is 2.27. The molecule has 2 amide bonds. The minimum absolute atomic E-state index is 0.0933. The van der Waals surface area contributed by atoms with Gasteiger partial charge in [0.05, 0.1) is 5.69 Å². The molecular weight excluding hydrogens is 252 g/mol. The van der Waals surface area contributed by atoms with E-state index in [9.17, 15) is 4.79 Å². The average molecular weight is 268 g/mol. The van der Waals surface area contributed by atoms with Crippen LogP contribution in [0.2, 0.25) is 0 Å². The van der Waals surface area contributed by atoms with Crippen LogP contribution in [0.3, 0.4) is 0 Å². The van der Waals surface area contributed by atoms with Crippen molar-refractivity contribution in [2.24, 2.45) is 0 Å². The first-order valence-corrected chi connectivity index (χ1v) is 6.78. The number of benzene rings is 1. The van der Waals surface area contributed by atoms with E-state index < -0.39 is 0 Å². The van der Waals surface area contributed by atoms with Gasteiger partial charge in [0.25, 0.3) is 0 Å². The largest absolute Gasteiger partial charge is 0.324 e. The summed E-state index contributed by atoms with van der Waals surface area (Å²) < 4.78 is 0. The Morgan fingerprint density at radius 2 is 1.75 bits per heavy atom. The molecule has 2 aromatic rings. The zero-order valence-electron chi connectivity index (χ0n) is 11.1. The van der Waals surface area contributed by atoms with Crippen LogP contribution in [0.5, 0.6) is 0 Å². The summed E-state index contributed by atoms with van der Waals surface area (Å²) in [5.74, 6) is 0.488. The summed E-state index contributed by atoms with van der Waals surface area (Å²) in [7, 11) is 0. The molecule has 0 aliphatic carbocycles. The fraction of sp³-hybridized carbons (Fsp3) is 0.267. The summed E-state index contributed by atoms with van der Waals surface area (Å²) in [6.45, 7) is 1.64. The highest BCUT2D eigenvalue weighted by Crippen LogP contribution is 2.16. The predicted molar refractivity (Wildman–Crippen MR) is 77.3 cm³/mol. The normalized spacial score (nSPS) is 14.3. The lowest BCUT2D eigenvalue weighted by atomic mass is 10.1. The molecule has 1 aromatic carbocycles. The highest BCUT2D eigenvalue weighted by Gasteiger charge is 2.18. The fourth-order valence-corrected chi connectivity index (χ4v) is 2.27. The van der Waals surface area contributed by atoms with Crippen LogP contribution in [-0.2, 0) is 0 Å². The van der Waals surface area contributed by atoms with Crippen LogP contribution >= 0.6 is 0 Å². The van der Waals surface area contributed by atoms with Gasteiger partial charge in [-0.25, -0.2) is 4.79 Å². The smallest absolute Gasteiger partial charge is 0.323 e. The number of urea groups is 1. The summed E-state index contributed by atoms with van der Waals surface area (Å²) in [4.78, 5) is 13.7. The topological polar surface area (TPSA) is 58.1 Å². The van der Waals surface area contributed by atoms with Crippen LogP contribution in [0.4, 0.5) is 10.6 Å². The zero-order valence-corrected chi connectivity index (χ0v) is 11.1. The van der Waals surface area contributed by atoms with Crippen molar-refractivity contribution in [1.29, 1.82) is 0 Å². The van der Waals surface area contributed by atoms with Crippen molar-refractivity contribution in [2.75, 3.05) is 18.4 Å². The van der Waals surface area contributed by atoms with E-state index in [1.165, 1.54) is 0 Å². The minimum Gasteiger partial charge on any atom is -0.324 e. The second-order valence-corrected chi connectivity index (χ2v) is 4.79. The Kier molecular flexibility index (Phi) is 3.58. The van der Waals surface area contributed by atoms with Gasteiger partial charge in [-0.2, -0.15) is 0 Å². The van der Waals surface area contributed by atoms with Gasteiger partial charge in [0.2, 0.25) is 0 Å². The molecule has 1 aromatic heterocycles.